The van der Waals surface area contributed by atoms with Crippen LogP contribution in [0, 0.1) is 11.3 Å². The molecule has 0 saturated carbocycles. The van der Waals surface area contributed by atoms with E-state index in [0.717, 1.165) is 11.1 Å². The van der Waals surface area contributed by atoms with Crippen LogP contribution in [0.3, 0.4) is 0 Å². The molecule has 5 heteroatoms. The number of ether oxygens (including phenoxy) is 2. The number of hydrogen-bond acceptors (Lipinski definition) is 5. The van der Waals surface area contributed by atoms with Crippen molar-refractivity contribution in [3.05, 3.63) is 83.2 Å². The molecule has 0 radical (unpaired) electrons. The Kier molecular flexibility index (Phi) is 4.09. The molecule has 2 heterocycles. The van der Waals surface area contributed by atoms with Crippen LogP contribution in [0.15, 0.2) is 77.1 Å². The quantitative estimate of drug-likeness (QED) is 0.877. The lowest BCUT2D eigenvalue weighted by Crippen LogP contribution is -2.17. The van der Waals surface area contributed by atoms with Crippen molar-refractivity contribution >= 4 is 5.90 Å². The van der Waals surface area contributed by atoms with Crippen molar-refractivity contribution in [1.82, 2.24) is 5.32 Å². The zero-order valence-corrected chi connectivity index (χ0v) is 13.6. The van der Waals surface area contributed by atoms with Gasteiger partial charge in [-0.15, -0.1) is 0 Å². The molecule has 0 amide bonds. The molecule has 2 aliphatic heterocycles. The summed E-state index contributed by atoms with van der Waals surface area (Å²) in [5, 5.41) is 12.8. The second-order valence-electron chi connectivity index (χ2n) is 5.91. The summed E-state index contributed by atoms with van der Waals surface area (Å²) in [7, 11) is 0. The van der Waals surface area contributed by atoms with Crippen LogP contribution in [0.2, 0.25) is 0 Å². The number of nitrogens with one attached hydrogen (secondary N) is 1. The first-order valence-electron chi connectivity index (χ1n) is 8.19. The zero-order chi connectivity index (χ0) is 17.1. The molecule has 4 rings (SSSR count). The van der Waals surface area contributed by atoms with Crippen molar-refractivity contribution in [2.45, 2.75) is 12.1 Å². The third-order valence-corrected chi connectivity index (χ3v) is 4.29. The first kappa shape index (κ1) is 15.3. The lowest BCUT2D eigenvalue weighted by Gasteiger charge is -2.08. The Labute approximate surface area is 146 Å². The van der Waals surface area contributed by atoms with E-state index in [4.69, 9.17) is 9.47 Å². The van der Waals surface area contributed by atoms with E-state index in [2.05, 4.69) is 16.4 Å². The molecule has 0 bridgehead atoms. The molecule has 25 heavy (non-hydrogen) atoms. The first-order valence-corrected chi connectivity index (χ1v) is 8.19. The molecule has 0 spiro atoms. The number of nitrogens with zero attached hydrogens (tertiary/aromatic N) is 2. The van der Waals surface area contributed by atoms with Crippen molar-refractivity contribution in [3.8, 4) is 6.07 Å². The van der Waals surface area contributed by atoms with Gasteiger partial charge >= 0.3 is 0 Å². The van der Waals surface area contributed by atoms with Crippen LogP contribution in [-0.4, -0.2) is 19.1 Å². The Bertz CT molecular complexity index is 854. The highest BCUT2D eigenvalue weighted by Gasteiger charge is 2.30. The Morgan fingerprint density at radius 1 is 0.960 bits per heavy atom. The molecule has 1 fully saturated rings. The molecule has 2 atom stereocenters. The predicted octanol–water partition coefficient (Wildman–Crippen LogP) is 3.25. The van der Waals surface area contributed by atoms with Gasteiger partial charge in [0.05, 0.1) is 6.04 Å². The van der Waals surface area contributed by atoms with Crippen LogP contribution in [-0.2, 0) is 9.47 Å². The lowest BCUT2D eigenvalue weighted by molar-refractivity contribution is 0.251. The SMILES string of the molecule is N#C/C(C1=N[C@@H](c2ccccc2)CO1)=C1/N[C@@H](c2ccccc2)CO1. The molecular formula is C20H17N3O2. The highest BCUT2D eigenvalue weighted by atomic mass is 16.5. The maximum atomic E-state index is 9.57. The largest absolute Gasteiger partial charge is 0.476 e. The van der Waals surface area contributed by atoms with Gasteiger partial charge in [-0.05, 0) is 11.1 Å². The molecular weight excluding hydrogens is 314 g/mol. The predicted molar refractivity (Wildman–Crippen MR) is 93.5 cm³/mol. The number of hydrogen-bond donors (Lipinski definition) is 1. The van der Waals surface area contributed by atoms with Crippen LogP contribution in [0.1, 0.15) is 23.2 Å². The second kappa shape index (κ2) is 6.70. The molecule has 1 saturated heterocycles. The Morgan fingerprint density at radius 3 is 2.32 bits per heavy atom. The average molecular weight is 331 g/mol. The van der Waals surface area contributed by atoms with Gasteiger partial charge in [0.25, 0.3) is 0 Å². The monoisotopic (exact) mass is 331 g/mol. The molecule has 124 valence electrons. The molecule has 1 N–H and O–H groups in total. The zero-order valence-electron chi connectivity index (χ0n) is 13.6. The minimum absolute atomic E-state index is 0.0199. The van der Waals surface area contributed by atoms with Crippen molar-refractivity contribution in [3.63, 3.8) is 0 Å². The first-order chi connectivity index (χ1) is 12.3. The summed E-state index contributed by atoms with van der Waals surface area (Å²) in [5.41, 5.74) is 2.50. The summed E-state index contributed by atoms with van der Waals surface area (Å²) in [6.45, 7) is 0.903. The van der Waals surface area contributed by atoms with Crippen LogP contribution in [0.25, 0.3) is 0 Å². The topological polar surface area (TPSA) is 66.6 Å². The van der Waals surface area contributed by atoms with Gasteiger partial charge in [0.1, 0.15) is 25.3 Å². The van der Waals surface area contributed by atoms with E-state index in [1.165, 1.54) is 0 Å². The number of aliphatic imine (C=N–C) groups is 1. The van der Waals surface area contributed by atoms with Crippen molar-refractivity contribution in [1.29, 1.82) is 5.26 Å². The lowest BCUT2D eigenvalue weighted by atomic mass is 10.1. The summed E-state index contributed by atoms with van der Waals surface area (Å²) >= 11 is 0. The van der Waals surface area contributed by atoms with E-state index in [1.807, 2.05) is 60.7 Å². The highest BCUT2D eigenvalue weighted by molar-refractivity contribution is 5.98. The fourth-order valence-corrected chi connectivity index (χ4v) is 2.97. The summed E-state index contributed by atoms with van der Waals surface area (Å²) in [6.07, 6.45) is 0. The Balaban J connectivity index is 1.57. The minimum Gasteiger partial charge on any atom is -0.476 e. The van der Waals surface area contributed by atoms with Crippen LogP contribution >= 0.6 is 0 Å². The summed E-state index contributed by atoms with van der Waals surface area (Å²) < 4.78 is 11.4. The molecule has 2 aliphatic rings. The summed E-state index contributed by atoms with van der Waals surface area (Å²) in [4.78, 5) is 4.57. The van der Waals surface area contributed by atoms with Gasteiger partial charge in [0.2, 0.25) is 11.8 Å². The molecule has 0 unspecified atom stereocenters. The number of benzene rings is 2. The Hall–Kier alpha value is -3.26. The number of rotatable bonds is 3. The molecule has 0 aromatic heterocycles. The number of nitriles is 1. The standard InChI is InChI=1S/C20H17N3O2/c21-11-16(19-22-17(12-24-19)14-7-3-1-4-8-14)20-23-18(13-25-20)15-9-5-2-6-10-15/h1-10,17-18,22H,12-13H2/b19-16+/t17-,18-/m1/s1. The van der Waals surface area contributed by atoms with E-state index in [-0.39, 0.29) is 12.1 Å². The smallest absolute Gasteiger partial charge is 0.233 e. The van der Waals surface area contributed by atoms with Gasteiger partial charge in [-0.2, -0.15) is 5.26 Å². The van der Waals surface area contributed by atoms with Crippen LogP contribution in [0.5, 0.6) is 0 Å². The van der Waals surface area contributed by atoms with Crippen molar-refractivity contribution < 1.29 is 9.47 Å². The van der Waals surface area contributed by atoms with Crippen molar-refractivity contribution in [2.75, 3.05) is 13.2 Å². The maximum Gasteiger partial charge on any atom is 0.233 e. The molecule has 2 aromatic carbocycles. The van der Waals surface area contributed by atoms with Gasteiger partial charge in [-0.25, -0.2) is 4.99 Å². The highest BCUT2D eigenvalue weighted by Crippen LogP contribution is 2.28. The molecule has 5 nitrogen and oxygen atoms in total. The van der Waals surface area contributed by atoms with E-state index in [0.29, 0.717) is 30.6 Å². The summed E-state index contributed by atoms with van der Waals surface area (Å²) in [5.74, 6) is 0.774. The summed E-state index contributed by atoms with van der Waals surface area (Å²) in [6, 6.07) is 22.0. The van der Waals surface area contributed by atoms with Gasteiger partial charge in [0, 0.05) is 0 Å². The minimum atomic E-state index is -0.0912. The average Bonchev–Trinajstić information content (AvgIpc) is 3.35. The van der Waals surface area contributed by atoms with Gasteiger partial charge < -0.3 is 14.8 Å². The normalized spacial score (nSPS) is 23.7. The Morgan fingerprint density at radius 2 is 1.64 bits per heavy atom. The second-order valence-corrected chi connectivity index (χ2v) is 5.91. The molecule has 0 aliphatic carbocycles. The fraction of sp³-hybridized carbons (Fsp3) is 0.200. The van der Waals surface area contributed by atoms with E-state index >= 15 is 0 Å². The van der Waals surface area contributed by atoms with E-state index in [9.17, 15) is 5.26 Å². The van der Waals surface area contributed by atoms with E-state index < -0.39 is 0 Å². The fourth-order valence-electron chi connectivity index (χ4n) is 2.97. The third-order valence-electron chi connectivity index (χ3n) is 4.29. The van der Waals surface area contributed by atoms with Crippen LogP contribution < -0.4 is 5.32 Å². The van der Waals surface area contributed by atoms with Crippen molar-refractivity contribution in [2.24, 2.45) is 4.99 Å². The maximum absolute atomic E-state index is 9.57. The van der Waals surface area contributed by atoms with Crippen LogP contribution in [0.4, 0.5) is 0 Å². The molecule has 2 aromatic rings. The van der Waals surface area contributed by atoms with E-state index in [1.54, 1.807) is 0 Å². The van der Waals surface area contributed by atoms with Gasteiger partial charge in [-0.3, -0.25) is 0 Å². The van der Waals surface area contributed by atoms with Gasteiger partial charge in [-0.1, -0.05) is 60.7 Å². The van der Waals surface area contributed by atoms with Gasteiger partial charge in [0.15, 0.2) is 5.57 Å². The third kappa shape index (κ3) is 3.07.